The molecule has 0 aromatic rings. The monoisotopic (exact) mass is 290 g/mol. The highest BCUT2D eigenvalue weighted by Gasteiger charge is 2.53. The Morgan fingerprint density at radius 1 is 1.14 bits per heavy atom. The quantitative estimate of drug-likeness (QED) is 0.844. The molecule has 5 saturated carbocycles. The molecule has 1 unspecified atom stereocenters. The molecular weight excluding hydrogens is 260 g/mol. The van der Waals surface area contributed by atoms with Crippen LogP contribution in [0.5, 0.6) is 0 Å². The number of hydrogen-bond donors (Lipinski definition) is 1. The first-order valence-corrected chi connectivity index (χ1v) is 9.05. The van der Waals surface area contributed by atoms with E-state index in [1.165, 1.54) is 51.4 Å². The summed E-state index contributed by atoms with van der Waals surface area (Å²) >= 11 is 0. The number of hydrogen-bond acceptors (Lipinski definition) is 2. The molecule has 1 N–H and O–H groups in total. The van der Waals surface area contributed by atoms with Gasteiger partial charge in [-0.1, -0.05) is 0 Å². The molecule has 118 valence electrons. The summed E-state index contributed by atoms with van der Waals surface area (Å²) in [6, 6.07) is 1.04. The van der Waals surface area contributed by atoms with Gasteiger partial charge in [-0.3, -0.25) is 4.79 Å². The van der Waals surface area contributed by atoms with Crippen LogP contribution < -0.4 is 5.32 Å². The molecule has 3 heteroatoms. The van der Waals surface area contributed by atoms with Gasteiger partial charge in [-0.25, -0.2) is 0 Å². The van der Waals surface area contributed by atoms with E-state index in [0.717, 1.165) is 17.8 Å². The Morgan fingerprint density at radius 3 is 2.14 bits per heavy atom. The lowest BCUT2D eigenvalue weighted by Crippen LogP contribution is -2.56. The minimum atomic E-state index is 0.286. The van der Waals surface area contributed by atoms with Gasteiger partial charge in [-0.2, -0.15) is 0 Å². The second kappa shape index (κ2) is 4.97. The number of rotatable bonds is 5. The smallest absolute Gasteiger partial charge is 0.236 e. The fourth-order valence-corrected chi connectivity index (χ4v) is 5.96. The van der Waals surface area contributed by atoms with Crippen molar-refractivity contribution in [3.63, 3.8) is 0 Å². The first-order valence-electron chi connectivity index (χ1n) is 9.05. The normalized spacial score (nSPS) is 42.1. The second-order valence-electron chi connectivity index (χ2n) is 8.62. The Labute approximate surface area is 128 Å². The maximum atomic E-state index is 12.2. The molecule has 0 heterocycles. The van der Waals surface area contributed by atoms with Crippen LogP contribution in [0, 0.1) is 23.2 Å². The molecule has 1 atom stereocenters. The lowest BCUT2D eigenvalue weighted by molar-refractivity contribution is -0.130. The van der Waals surface area contributed by atoms with E-state index in [-0.39, 0.29) is 5.91 Å². The summed E-state index contributed by atoms with van der Waals surface area (Å²) in [4.78, 5) is 14.2. The van der Waals surface area contributed by atoms with E-state index >= 15 is 0 Å². The highest BCUT2D eigenvalue weighted by Crippen LogP contribution is 2.61. The molecule has 4 bridgehead atoms. The zero-order valence-electron chi connectivity index (χ0n) is 13.6. The molecule has 5 aliphatic carbocycles. The number of carbonyl (C=O) groups excluding carboxylic acids is 1. The lowest BCUT2D eigenvalue weighted by Gasteiger charge is -2.59. The molecule has 0 aromatic heterocycles. The standard InChI is InChI=1S/C18H30N2O/c1-12(19-11-17(21)20(2)16-3-4-16)18-8-13-5-14(9-18)7-15(6-13)10-18/h12-16,19H,3-11H2,1-2H3. The molecule has 5 fully saturated rings. The average Bonchev–Trinajstić information content (AvgIpc) is 3.26. The summed E-state index contributed by atoms with van der Waals surface area (Å²) in [5.41, 5.74) is 0.507. The van der Waals surface area contributed by atoms with Crippen molar-refractivity contribution < 1.29 is 4.79 Å². The van der Waals surface area contributed by atoms with Crippen LogP contribution in [-0.2, 0) is 4.79 Å². The van der Waals surface area contributed by atoms with Gasteiger partial charge in [0.15, 0.2) is 0 Å². The molecule has 0 saturated heterocycles. The molecular formula is C18H30N2O. The van der Waals surface area contributed by atoms with Crippen molar-refractivity contribution in [3.05, 3.63) is 0 Å². The molecule has 0 aromatic carbocycles. The predicted octanol–water partition coefficient (Wildman–Crippen LogP) is 2.80. The van der Waals surface area contributed by atoms with Crippen LogP contribution >= 0.6 is 0 Å². The van der Waals surface area contributed by atoms with Gasteiger partial charge in [0, 0.05) is 19.1 Å². The van der Waals surface area contributed by atoms with Gasteiger partial charge in [0.05, 0.1) is 6.54 Å². The summed E-state index contributed by atoms with van der Waals surface area (Å²) in [6.45, 7) is 2.88. The first-order chi connectivity index (χ1) is 10.1. The van der Waals surface area contributed by atoms with Crippen molar-refractivity contribution in [1.82, 2.24) is 10.2 Å². The van der Waals surface area contributed by atoms with Gasteiger partial charge in [0.25, 0.3) is 0 Å². The van der Waals surface area contributed by atoms with E-state index in [2.05, 4.69) is 12.2 Å². The van der Waals surface area contributed by atoms with Crippen LogP contribution in [0.15, 0.2) is 0 Å². The zero-order valence-corrected chi connectivity index (χ0v) is 13.6. The average molecular weight is 290 g/mol. The fourth-order valence-electron chi connectivity index (χ4n) is 5.96. The van der Waals surface area contributed by atoms with Gasteiger partial charge in [0.1, 0.15) is 0 Å². The third-order valence-electron chi connectivity index (χ3n) is 7.05. The van der Waals surface area contributed by atoms with E-state index in [4.69, 9.17) is 0 Å². The summed E-state index contributed by atoms with van der Waals surface area (Å²) in [5.74, 6) is 3.26. The van der Waals surface area contributed by atoms with E-state index in [0.29, 0.717) is 24.0 Å². The Kier molecular flexibility index (Phi) is 3.33. The first kappa shape index (κ1) is 14.0. The maximum absolute atomic E-state index is 12.2. The van der Waals surface area contributed by atoms with Crippen LogP contribution in [-0.4, -0.2) is 36.5 Å². The predicted molar refractivity (Wildman–Crippen MR) is 83.9 cm³/mol. The van der Waals surface area contributed by atoms with Crippen molar-refractivity contribution in [1.29, 1.82) is 0 Å². The van der Waals surface area contributed by atoms with E-state index in [9.17, 15) is 4.79 Å². The Hall–Kier alpha value is -0.570. The largest absolute Gasteiger partial charge is 0.342 e. The van der Waals surface area contributed by atoms with Crippen LogP contribution in [0.4, 0.5) is 0 Å². The summed E-state index contributed by atoms with van der Waals surface area (Å²) in [5, 5.41) is 3.61. The molecule has 0 aliphatic heterocycles. The fraction of sp³-hybridized carbons (Fsp3) is 0.944. The van der Waals surface area contributed by atoms with Gasteiger partial charge >= 0.3 is 0 Å². The SMILES string of the molecule is CC(NCC(=O)N(C)C1CC1)C12CC3CC(CC(C3)C1)C2. The van der Waals surface area contributed by atoms with E-state index in [1.54, 1.807) is 0 Å². The van der Waals surface area contributed by atoms with Gasteiger partial charge in [-0.15, -0.1) is 0 Å². The minimum Gasteiger partial charge on any atom is -0.342 e. The Morgan fingerprint density at radius 2 is 1.67 bits per heavy atom. The lowest BCUT2D eigenvalue weighted by atomic mass is 9.48. The number of nitrogens with zero attached hydrogens (tertiary/aromatic N) is 1. The molecule has 21 heavy (non-hydrogen) atoms. The number of carbonyl (C=O) groups is 1. The third kappa shape index (κ3) is 2.52. The van der Waals surface area contributed by atoms with Gasteiger partial charge in [-0.05, 0) is 81.5 Å². The van der Waals surface area contributed by atoms with E-state index in [1.807, 2.05) is 11.9 Å². The topological polar surface area (TPSA) is 32.3 Å². The van der Waals surface area contributed by atoms with Crippen molar-refractivity contribution in [2.75, 3.05) is 13.6 Å². The highest BCUT2D eigenvalue weighted by molar-refractivity contribution is 5.78. The van der Waals surface area contributed by atoms with Gasteiger partial charge in [0.2, 0.25) is 5.91 Å². The van der Waals surface area contributed by atoms with Gasteiger partial charge < -0.3 is 10.2 Å². The summed E-state index contributed by atoms with van der Waals surface area (Å²) < 4.78 is 0. The molecule has 5 aliphatic rings. The Bertz CT molecular complexity index is 394. The number of nitrogens with one attached hydrogen (secondary N) is 1. The number of likely N-dealkylation sites (N-methyl/N-ethyl adjacent to an activating group) is 1. The van der Waals surface area contributed by atoms with Crippen molar-refractivity contribution in [2.24, 2.45) is 23.2 Å². The van der Waals surface area contributed by atoms with Crippen molar-refractivity contribution in [3.8, 4) is 0 Å². The van der Waals surface area contributed by atoms with Crippen LogP contribution in [0.2, 0.25) is 0 Å². The van der Waals surface area contributed by atoms with Crippen molar-refractivity contribution in [2.45, 2.75) is 70.4 Å². The second-order valence-corrected chi connectivity index (χ2v) is 8.62. The van der Waals surface area contributed by atoms with Crippen LogP contribution in [0.1, 0.15) is 58.3 Å². The molecule has 5 rings (SSSR count). The molecule has 1 amide bonds. The Balaban J connectivity index is 1.36. The van der Waals surface area contributed by atoms with Crippen molar-refractivity contribution >= 4 is 5.91 Å². The summed E-state index contributed by atoms with van der Waals surface area (Å²) in [6.07, 6.45) is 11.1. The van der Waals surface area contributed by atoms with E-state index < -0.39 is 0 Å². The van der Waals surface area contributed by atoms with Crippen LogP contribution in [0.3, 0.4) is 0 Å². The molecule has 0 spiro atoms. The molecule has 3 nitrogen and oxygen atoms in total. The molecule has 0 radical (unpaired) electrons. The number of amides is 1. The zero-order chi connectivity index (χ0) is 14.6. The summed E-state index contributed by atoms with van der Waals surface area (Å²) in [7, 11) is 1.97. The highest BCUT2D eigenvalue weighted by atomic mass is 16.2. The van der Waals surface area contributed by atoms with Crippen LogP contribution in [0.25, 0.3) is 0 Å². The third-order valence-corrected chi connectivity index (χ3v) is 7.05. The maximum Gasteiger partial charge on any atom is 0.236 e. The minimum absolute atomic E-state index is 0.286.